The molecule has 0 amide bonds. The fourth-order valence-corrected chi connectivity index (χ4v) is 3.57. The zero-order valence-corrected chi connectivity index (χ0v) is 11.4. The van der Waals surface area contributed by atoms with E-state index in [9.17, 15) is 0 Å². The molecule has 3 atom stereocenters. The van der Waals surface area contributed by atoms with Crippen LogP contribution in [-0.2, 0) is 0 Å². The van der Waals surface area contributed by atoms with Gasteiger partial charge in [0, 0.05) is 12.1 Å². The SMILES string of the molecule is C[C@@H](NC1CCCC(C2CC2)C1)c1ccccc1. The molecule has 0 saturated heterocycles. The standard InChI is InChI=1S/C17H25N/c1-13(14-6-3-2-4-7-14)18-17-9-5-8-16(12-17)15-10-11-15/h2-4,6-7,13,15-18H,5,8-12H2,1H3/t13-,16?,17?/m1/s1. The second kappa shape index (κ2) is 5.44. The number of hydrogen-bond acceptors (Lipinski definition) is 1. The Kier molecular flexibility index (Phi) is 3.69. The molecule has 2 saturated carbocycles. The van der Waals surface area contributed by atoms with Gasteiger partial charge in [0.05, 0.1) is 0 Å². The summed E-state index contributed by atoms with van der Waals surface area (Å²) >= 11 is 0. The summed E-state index contributed by atoms with van der Waals surface area (Å²) in [6.45, 7) is 2.30. The molecular weight excluding hydrogens is 218 g/mol. The van der Waals surface area contributed by atoms with Crippen LogP contribution in [0.15, 0.2) is 30.3 Å². The van der Waals surface area contributed by atoms with E-state index < -0.39 is 0 Å². The summed E-state index contributed by atoms with van der Waals surface area (Å²) in [5.74, 6) is 2.11. The Morgan fingerprint density at radius 1 is 1.00 bits per heavy atom. The Labute approximate surface area is 111 Å². The van der Waals surface area contributed by atoms with Gasteiger partial charge in [-0.1, -0.05) is 43.2 Å². The summed E-state index contributed by atoms with van der Waals surface area (Å²) in [7, 11) is 0. The van der Waals surface area contributed by atoms with Crippen molar-refractivity contribution in [2.45, 2.75) is 57.5 Å². The number of hydrogen-bond donors (Lipinski definition) is 1. The van der Waals surface area contributed by atoms with E-state index in [1.165, 1.54) is 44.1 Å². The second-order valence-corrected chi connectivity index (χ2v) is 6.26. The molecule has 1 nitrogen and oxygen atoms in total. The van der Waals surface area contributed by atoms with Crippen LogP contribution in [0.25, 0.3) is 0 Å². The monoisotopic (exact) mass is 243 g/mol. The van der Waals surface area contributed by atoms with Crippen LogP contribution in [0, 0.1) is 11.8 Å². The third-order valence-electron chi connectivity index (χ3n) is 4.79. The Hall–Kier alpha value is -0.820. The van der Waals surface area contributed by atoms with Gasteiger partial charge < -0.3 is 5.32 Å². The molecule has 18 heavy (non-hydrogen) atoms. The van der Waals surface area contributed by atoms with Crippen LogP contribution in [0.4, 0.5) is 0 Å². The van der Waals surface area contributed by atoms with Crippen molar-refractivity contribution in [1.82, 2.24) is 5.32 Å². The molecule has 0 aromatic heterocycles. The molecule has 2 fully saturated rings. The lowest BCUT2D eigenvalue weighted by Crippen LogP contribution is -2.36. The van der Waals surface area contributed by atoms with Crippen molar-refractivity contribution >= 4 is 0 Å². The van der Waals surface area contributed by atoms with Crippen LogP contribution in [0.2, 0.25) is 0 Å². The molecule has 1 N–H and O–H groups in total. The van der Waals surface area contributed by atoms with Gasteiger partial charge in [0.2, 0.25) is 0 Å². The Bertz CT molecular complexity index is 368. The van der Waals surface area contributed by atoms with Crippen molar-refractivity contribution in [3.05, 3.63) is 35.9 Å². The minimum atomic E-state index is 0.495. The third kappa shape index (κ3) is 2.95. The summed E-state index contributed by atoms with van der Waals surface area (Å²) < 4.78 is 0. The van der Waals surface area contributed by atoms with E-state index in [1.807, 2.05) is 0 Å². The summed E-state index contributed by atoms with van der Waals surface area (Å²) in [5, 5.41) is 3.85. The number of nitrogens with one attached hydrogen (secondary N) is 1. The van der Waals surface area contributed by atoms with Crippen LogP contribution in [0.1, 0.15) is 57.1 Å². The molecule has 0 radical (unpaired) electrons. The first kappa shape index (κ1) is 12.2. The Morgan fingerprint density at radius 3 is 2.50 bits per heavy atom. The van der Waals surface area contributed by atoms with Crippen LogP contribution < -0.4 is 5.32 Å². The maximum absolute atomic E-state index is 3.85. The molecule has 3 rings (SSSR count). The highest BCUT2D eigenvalue weighted by atomic mass is 14.9. The quantitative estimate of drug-likeness (QED) is 0.831. The first-order chi connectivity index (χ1) is 8.83. The van der Waals surface area contributed by atoms with Crippen molar-refractivity contribution in [3.8, 4) is 0 Å². The molecule has 1 aromatic rings. The van der Waals surface area contributed by atoms with E-state index in [4.69, 9.17) is 0 Å². The summed E-state index contributed by atoms with van der Waals surface area (Å²) in [4.78, 5) is 0. The van der Waals surface area contributed by atoms with Crippen molar-refractivity contribution in [3.63, 3.8) is 0 Å². The molecule has 0 bridgehead atoms. The van der Waals surface area contributed by atoms with E-state index >= 15 is 0 Å². The van der Waals surface area contributed by atoms with Gasteiger partial charge >= 0.3 is 0 Å². The molecule has 0 aliphatic heterocycles. The maximum Gasteiger partial charge on any atom is 0.0294 e. The lowest BCUT2D eigenvalue weighted by atomic mass is 9.82. The molecular formula is C17H25N. The fraction of sp³-hybridized carbons (Fsp3) is 0.647. The molecule has 0 heterocycles. The minimum Gasteiger partial charge on any atom is -0.307 e. The smallest absolute Gasteiger partial charge is 0.0294 e. The summed E-state index contributed by atoms with van der Waals surface area (Å²) in [5.41, 5.74) is 1.42. The van der Waals surface area contributed by atoms with Crippen molar-refractivity contribution < 1.29 is 0 Å². The fourth-order valence-electron chi connectivity index (χ4n) is 3.57. The predicted molar refractivity (Wildman–Crippen MR) is 76.5 cm³/mol. The van der Waals surface area contributed by atoms with Crippen LogP contribution in [0.5, 0.6) is 0 Å². The van der Waals surface area contributed by atoms with E-state index in [0.29, 0.717) is 6.04 Å². The van der Waals surface area contributed by atoms with Gasteiger partial charge in [0.1, 0.15) is 0 Å². The zero-order valence-electron chi connectivity index (χ0n) is 11.4. The van der Waals surface area contributed by atoms with Gasteiger partial charge in [-0.05, 0) is 50.0 Å². The zero-order chi connectivity index (χ0) is 12.4. The van der Waals surface area contributed by atoms with E-state index in [1.54, 1.807) is 0 Å². The molecule has 0 spiro atoms. The largest absolute Gasteiger partial charge is 0.307 e. The average Bonchev–Trinajstić information content (AvgIpc) is 3.24. The second-order valence-electron chi connectivity index (χ2n) is 6.26. The normalized spacial score (nSPS) is 30.1. The first-order valence-corrected chi connectivity index (χ1v) is 7.64. The van der Waals surface area contributed by atoms with E-state index in [2.05, 4.69) is 42.6 Å². The van der Waals surface area contributed by atoms with Crippen LogP contribution >= 0.6 is 0 Å². The molecule has 2 aliphatic carbocycles. The maximum atomic E-state index is 3.85. The van der Waals surface area contributed by atoms with Crippen molar-refractivity contribution in [2.24, 2.45) is 11.8 Å². The summed E-state index contributed by atoms with van der Waals surface area (Å²) in [6.07, 6.45) is 8.72. The molecule has 1 heteroatoms. The molecule has 2 unspecified atom stereocenters. The first-order valence-electron chi connectivity index (χ1n) is 7.64. The van der Waals surface area contributed by atoms with E-state index in [0.717, 1.165) is 17.9 Å². The highest BCUT2D eigenvalue weighted by molar-refractivity contribution is 5.18. The molecule has 98 valence electrons. The highest BCUT2D eigenvalue weighted by Gasteiger charge is 2.34. The number of benzene rings is 1. The third-order valence-corrected chi connectivity index (χ3v) is 4.79. The molecule has 2 aliphatic rings. The Morgan fingerprint density at radius 2 is 1.78 bits per heavy atom. The van der Waals surface area contributed by atoms with Gasteiger partial charge in [0.25, 0.3) is 0 Å². The van der Waals surface area contributed by atoms with Gasteiger partial charge in [-0.3, -0.25) is 0 Å². The predicted octanol–water partition coefficient (Wildman–Crippen LogP) is 4.31. The molecule has 1 aromatic carbocycles. The van der Waals surface area contributed by atoms with Crippen molar-refractivity contribution in [1.29, 1.82) is 0 Å². The van der Waals surface area contributed by atoms with Crippen LogP contribution in [0.3, 0.4) is 0 Å². The lowest BCUT2D eigenvalue weighted by molar-refractivity contribution is 0.249. The van der Waals surface area contributed by atoms with Gasteiger partial charge in [-0.2, -0.15) is 0 Å². The Balaban J connectivity index is 1.55. The summed E-state index contributed by atoms with van der Waals surface area (Å²) in [6, 6.07) is 12.1. The minimum absolute atomic E-state index is 0.495. The van der Waals surface area contributed by atoms with Gasteiger partial charge in [-0.15, -0.1) is 0 Å². The van der Waals surface area contributed by atoms with Gasteiger partial charge in [-0.25, -0.2) is 0 Å². The van der Waals surface area contributed by atoms with Gasteiger partial charge in [0.15, 0.2) is 0 Å². The average molecular weight is 243 g/mol. The van der Waals surface area contributed by atoms with Crippen LogP contribution in [-0.4, -0.2) is 6.04 Å². The van der Waals surface area contributed by atoms with E-state index in [-0.39, 0.29) is 0 Å². The number of rotatable bonds is 4. The van der Waals surface area contributed by atoms with Crippen molar-refractivity contribution in [2.75, 3.05) is 0 Å². The topological polar surface area (TPSA) is 12.0 Å². The lowest BCUT2D eigenvalue weighted by Gasteiger charge is -2.32. The highest BCUT2D eigenvalue weighted by Crippen LogP contribution is 2.44.